The first kappa shape index (κ1) is 8.09. The van der Waals surface area contributed by atoms with E-state index in [4.69, 9.17) is 18.1 Å². The van der Waals surface area contributed by atoms with Crippen LogP contribution in [-0.2, 0) is 0 Å². The summed E-state index contributed by atoms with van der Waals surface area (Å²) in [6.07, 6.45) is 1.73. The molecule has 1 rings (SSSR count). The Labute approximate surface area is 62.7 Å². The fourth-order valence-electron chi connectivity index (χ4n) is 1.71. The van der Waals surface area contributed by atoms with Crippen LogP contribution < -0.4 is 0 Å². The summed E-state index contributed by atoms with van der Waals surface area (Å²) in [5.74, 6) is 0.661. The summed E-state index contributed by atoms with van der Waals surface area (Å²) in [5.41, 5.74) is 0. The van der Waals surface area contributed by atoms with Gasteiger partial charge >= 0.3 is 0 Å². The van der Waals surface area contributed by atoms with Gasteiger partial charge in [-0.15, -0.1) is 0 Å². The highest BCUT2D eigenvalue weighted by Gasteiger charge is 2.30. The van der Waals surface area contributed by atoms with Crippen molar-refractivity contribution in [2.24, 2.45) is 11.8 Å². The van der Waals surface area contributed by atoms with Crippen molar-refractivity contribution >= 4 is 7.85 Å². The van der Waals surface area contributed by atoms with Gasteiger partial charge in [-0.1, -0.05) is 18.7 Å². The SMILES string of the molecule is [B]C1C[C@@H](CO)[C@H](CO)C1. The van der Waals surface area contributed by atoms with E-state index in [1.165, 1.54) is 0 Å². The Balaban J connectivity index is 2.41. The van der Waals surface area contributed by atoms with Crippen LogP contribution in [0, 0.1) is 11.8 Å². The molecule has 0 aliphatic heterocycles. The number of aliphatic hydroxyl groups excluding tert-OH is 2. The standard InChI is InChI=1S/C7H13BO2/c8-7-1-5(3-9)6(2-7)4-10/h5-7,9-10H,1-4H2/t5-,6-/m0/s1. The number of aliphatic hydroxyl groups is 2. The first-order valence-corrected chi connectivity index (χ1v) is 3.75. The molecule has 1 aliphatic carbocycles. The summed E-state index contributed by atoms with van der Waals surface area (Å²) < 4.78 is 0. The Morgan fingerprint density at radius 1 is 1.10 bits per heavy atom. The van der Waals surface area contributed by atoms with Gasteiger partial charge in [-0.2, -0.15) is 0 Å². The fourth-order valence-corrected chi connectivity index (χ4v) is 1.71. The minimum absolute atomic E-state index is 0.166. The minimum atomic E-state index is 0.166. The van der Waals surface area contributed by atoms with Gasteiger partial charge in [0, 0.05) is 13.2 Å². The summed E-state index contributed by atoms with van der Waals surface area (Å²) in [5, 5.41) is 17.6. The first-order valence-electron chi connectivity index (χ1n) is 3.75. The van der Waals surface area contributed by atoms with Gasteiger partial charge in [0.25, 0.3) is 0 Å². The minimum Gasteiger partial charge on any atom is -0.396 e. The van der Waals surface area contributed by atoms with Crippen molar-refractivity contribution in [2.45, 2.75) is 18.7 Å². The molecule has 2 radical (unpaired) electrons. The van der Waals surface area contributed by atoms with E-state index >= 15 is 0 Å². The zero-order chi connectivity index (χ0) is 7.56. The molecular formula is C7H13BO2. The average Bonchev–Trinajstić information content (AvgIpc) is 2.30. The van der Waals surface area contributed by atoms with E-state index in [0.717, 1.165) is 12.8 Å². The predicted molar refractivity (Wildman–Crippen MR) is 39.9 cm³/mol. The van der Waals surface area contributed by atoms with Crippen LogP contribution in [0.5, 0.6) is 0 Å². The molecule has 0 unspecified atom stereocenters. The molecular weight excluding hydrogens is 127 g/mol. The summed E-state index contributed by atoms with van der Waals surface area (Å²) in [6.45, 7) is 0.331. The summed E-state index contributed by atoms with van der Waals surface area (Å²) >= 11 is 0. The van der Waals surface area contributed by atoms with Crippen molar-refractivity contribution in [1.82, 2.24) is 0 Å². The van der Waals surface area contributed by atoms with E-state index in [2.05, 4.69) is 0 Å². The quantitative estimate of drug-likeness (QED) is 0.528. The monoisotopic (exact) mass is 140 g/mol. The van der Waals surface area contributed by atoms with E-state index in [9.17, 15) is 0 Å². The fraction of sp³-hybridized carbons (Fsp3) is 1.00. The molecule has 3 heteroatoms. The van der Waals surface area contributed by atoms with Crippen molar-refractivity contribution in [1.29, 1.82) is 0 Å². The topological polar surface area (TPSA) is 40.5 Å². The molecule has 0 heterocycles. The Kier molecular flexibility index (Phi) is 2.75. The lowest BCUT2D eigenvalue weighted by molar-refractivity contribution is 0.141. The Morgan fingerprint density at radius 3 is 1.80 bits per heavy atom. The van der Waals surface area contributed by atoms with Gasteiger partial charge in [0.15, 0.2) is 0 Å². The molecule has 56 valence electrons. The van der Waals surface area contributed by atoms with Crippen molar-refractivity contribution in [3.63, 3.8) is 0 Å². The normalized spacial score (nSPS) is 35.0. The maximum atomic E-state index is 8.82. The molecule has 0 aromatic heterocycles. The van der Waals surface area contributed by atoms with Gasteiger partial charge in [0.1, 0.15) is 0 Å². The first-order chi connectivity index (χ1) is 4.77. The lowest BCUT2D eigenvalue weighted by Gasteiger charge is -2.12. The molecule has 2 nitrogen and oxygen atoms in total. The van der Waals surface area contributed by atoms with Gasteiger partial charge in [0.2, 0.25) is 0 Å². The second kappa shape index (κ2) is 3.40. The second-order valence-electron chi connectivity index (χ2n) is 3.12. The van der Waals surface area contributed by atoms with Crippen LogP contribution in [-0.4, -0.2) is 31.3 Å². The zero-order valence-corrected chi connectivity index (χ0v) is 6.03. The molecule has 10 heavy (non-hydrogen) atoms. The lowest BCUT2D eigenvalue weighted by Crippen LogP contribution is -2.15. The van der Waals surface area contributed by atoms with Gasteiger partial charge < -0.3 is 10.2 Å². The second-order valence-corrected chi connectivity index (χ2v) is 3.12. The third-order valence-corrected chi connectivity index (χ3v) is 2.35. The van der Waals surface area contributed by atoms with Crippen LogP contribution in [0.1, 0.15) is 12.8 Å². The highest BCUT2D eigenvalue weighted by atomic mass is 16.3. The molecule has 0 aromatic rings. The van der Waals surface area contributed by atoms with Gasteiger partial charge in [0.05, 0.1) is 7.85 Å². The van der Waals surface area contributed by atoms with E-state index in [-0.39, 0.29) is 30.9 Å². The van der Waals surface area contributed by atoms with E-state index < -0.39 is 0 Å². The maximum absolute atomic E-state index is 8.82. The van der Waals surface area contributed by atoms with Gasteiger partial charge in [-0.05, 0) is 11.8 Å². The van der Waals surface area contributed by atoms with Crippen LogP contribution in [0.3, 0.4) is 0 Å². The molecule has 1 saturated carbocycles. The number of hydrogen-bond acceptors (Lipinski definition) is 2. The molecule has 0 bridgehead atoms. The molecule has 0 saturated heterocycles. The third kappa shape index (κ3) is 1.52. The zero-order valence-electron chi connectivity index (χ0n) is 6.03. The highest BCUT2D eigenvalue weighted by Crippen LogP contribution is 2.37. The van der Waals surface area contributed by atoms with Crippen LogP contribution in [0.4, 0.5) is 0 Å². The smallest absolute Gasteiger partial charge is 0.0699 e. The Morgan fingerprint density at radius 2 is 1.50 bits per heavy atom. The van der Waals surface area contributed by atoms with Gasteiger partial charge in [-0.3, -0.25) is 0 Å². The predicted octanol–water partition coefficient (Wildman–Crippen LogP) is -0.0458. The Hall–Kier alpha value is -0.0151. The number of hydrogen-bond donors (Lipinski definition) is 2. The van der Waals surface area contributed by atoms with E-state index in [1.807, 2.05) is 0 Å². The Bertz CT molecular complexity index is 95.8. The molecule has 0 aromatic carbocycles. The van der Waals surface area contributed by atoms with Gasteiger partial charge in [-0.25, -0.2) is 0 Å². The largest absolute Gasteiger partial charge is 0.396 e. The molecule has 0 spiro atoms. The average molecular weight is 140 g/mol. The van der Waals surface area contributed by atoms with Crippen LogP contribution in [0.2, 0.25) is 5.82 Å². The molecule has 2 N–H and O–H groups in total. The lowest BCUT2D eigenvalue weighted by atomic mass is 9.85. The van der Waals surface area contributed by atoms with Crippen LogP contribution in [0.15, 0.2) is 0 Å². The third-order valence-electron chi connectivity index (χ3n) is 2.35. The molecule has 2 atom stereocenters. The number of rotatable bonds is 2. The maximum Gasteiger partial charge on any atom is 0.0699 e. The molecule has 1 fully saturated rings. The van der Waals surface area contributed by atoms with Crippen molar-refractivity contribution < 1.29 is 10.2 Å². The van der Waals surface area contributed by atoms with Crippen LogP contribution >= 0.6 is 0 Å². The summed E-state index contributed by atoms with van der Waals surface area (Å²) in [6, 6.07) is 0. The molecule has 1 aliphatic rings. The van der Waals surface area contributed by atoms with Crippen molar-refractivity contribution in [2.75, 3.05) is 13.2 Å². The van der Waals surface area contributed by atoms with E-state index in [0.29, 0.717) is 0 Å². The van der Waals surface area contributed by atoms with E-state index in [1.54, 1.807) is 0 Å². The molecule has 0 amide bonds. The van der Waals surface area contributed by atoms with Crippen LogP contribution in [0.25, 0.3) is 0 Å². The summed E-state index contributed by atoms with van der Waals surface area (Å²) in [4.78, 5) is 0. The van der Waals surface area contributed by atoms with Crippen molar-refractivity contribution in [3.05, 3.63) is 0 Å². The highest BCUT2D eigenvalue weighted by molar-refractivity contribution is 6.11. The van der Waals surface area contributed by atoms with Crippen molar-refractivity contribution in [3.8, 4) is 0 Å². The summed E-state index contributed by atoms with van der Waals surface area (Å²) in [7, 11) is 5.64.